The molecule has 2 rings (SSSR count). The molecule has 0 amide bonds. The molecule has 0 N–H and O–H groups in total. The van der Waals surface area contributed by atoms with Crippen LogP contribution >= 0.6 is 11.6 Å². The van der Waals surface area contributed by atoms with Gasteiger partial charge in [0.1, 0.15) is 0 Å². The molecule has 0 spiro atoms. The fraction of sp³-hybridized carbons (Fsp3) is 0.429. The number of rotatable bonds is 0. The Morgan fingerprint density at radius 3 is 2.44 bits per heavy atom. The lowest BCUT2D eigenvalue weighted by molar-refractivity contribution is 0.355. The van der Waals surface area contributed by atoms with Crippen LogP contribution in [0.2, 0.25) is 0 Å². The highest BCUT2D eigenvalue weighted by atomic mass is 35.5. The van der Waals surface area contributed by atoms with Crippen molar-refractivity contribution in [2.75, 3.05) is 11.9 Å². The molecule has 1 heterocycles. The van der Waals surface area contributed by atoms with Gasteiger partial charge in [0.15, 0.2) is 0 Å². The van der Waals surface area contributed by atoms with Crippen molar-refractivity contribution < 1.29 is 0 Å². The van der Waals surface area contributed by atoms with E-state index in [1.54, 1.807) is 0 Å². The fourth-order valence-electron chi connectivity index (χ4n) is 2.30. The topological polar surface area (TPSA) is 3.24 Å². The maximum absolute atomic E-state index is 6.35. The number of halogens is 1. The fourth-order valence-corrected chi connectivity index (χ4v) is 2.58. The highest BCUT2D eigenvalue weighted by Crippen LogP contribution is 2.40. The maximum atomic E-state index is 6.35. The van der Waals surface area contributed by atoms with Crippen LogP contribution in [0.1, 0.15) is 26.3 Å². The first-order valence-electron chi connectivity index (χ1n) is 5.61. The molecule has 1 aromatic carbocycles. The largest absolute Gasteiger partial charge is 0.367 e. The summed E-state index contributed by atoms with van der Waals surface area (Å²) >= 11 is 6.35. The second-order valence-electron chi connectivity index (χ2n) is 5.45. The number of likely N-dealkylation sites (N-methyl/N-ethyl adjacent to an activating group) is 1. The molecule has 16 heavy (non-hydrogen) atoms. The van der Waals surface area contributed by atoms with Crippen LogP contribution in [0.3, 0.4) is 0 Å². The van der Waals surface area contributed by atoms with Gasteiger partial charge in [0.25, 0.3) is 0 Å². The average Bonchev–Trinajstić information content (AvgIpc) is 2.22. The minimum atomic E-state index is 0.183. The Morgan fingerprint density at radius 1 is 1.19 bits per heavy atom. The van der Waals surface area contributed by atoms with Crippen LogP contribution in [-0.2, 0) is 0 Å². The molecule has 0 saturated carbocycles. The Morgan fingerprint density at radius 2 is 1.81 bits per heavy atom. The summed E-state index contributed by atoms with van der Waals surface area (Å²) < 4.78 is 0. The van der Waals surface area contributed by atoms with Gasteiger partial charge in [-0.2, -0.15) is 0 Å². The van der Waals surface area contributed by atoms with Crippen LogP contribution < -0.4 is 4.90 Å². The molecule has 1 aliphatic heterocycles. The Bertz CT molecular complexity index is 429. The van der Waals surface area contributed by atoms with Gasteiger partial charge in [-0.3, -0.25) is 0 Å². The summed E-state index contributed by atoms with van der Waals surface area (Å²) in [5.41, 5.74) is 2.53. The van der Waals surface area contributed by atoms with Gasteiger partial charge in [0.2, 0.25) is 0 Å². The lowest BCUT2D eigenvalue weighted by Crippen LogP contribution is -2.42. The zero-order chi connectivity index (χ0) is 11.9. The summed E-state index contributed by atoms with van der Waals surface area (Å²) in [5.74, 6) is 0. The molecular formula is C14H18ClN. The van der Waals surface area contributed by atoms with Crippen molar-refractivity contribution >= 4 is 22.3 Å². The summed E-state index contributed by atoms with van der Waals surface area (Å²) in [6.45, 7) is 6.72. The van der Waals surface area contributed by atoms with Crippen molar-refractivity contribution in [3.63, 3.8) is 0 Å². The summed E-state index contributed by atoms with van der Waals surface area (Å²) in [6, 6.07) is 8.63. The smallest absolute Gasteiger partial charge is 0.0535 e. The van der Waals surface area contributed by atoms with E-state index in [9.17, 15) is 0 Å². The molecule has 1 nitrogen and oxygen atoms in total. The highest BCUT2D eigenvalue weighted by Gasteiger charge is 2.31. The van der Waals surface area contributed by atoms with Crippen LogP contribution in [0.4, 0.5) is 5.69 Å². The van der Waals surface area contributed by atoms with E-state index >= 15 is 0 Å². The molecule has 1 aliphatic rings. The quantitative estimate of drug-likeness (QED) is 0.654. The van der Waals surface area contributed by atoms with Crippen molar-refractivity contribution in [3.05, 3.63) is 35.9 Å². The molecule has 1 unspecified atom stereocenters. The SMILES string of the molecule is CN1c2ccccc2C(Cl)=CC1C(C)(C)C. The van der Waals surface area contributed by atoms with Gasteiger partial charge in [0.05, 0.1) is 6.04 Å². The molecule has 0 aromatic heterocycles. The van der Waals surface area contributed by atoms with E-state index in [-0.39, 0.29) is 5.41 Å². The van der Waals surface area contributed by atoms with E-state index in [4.69, 9.17) is 11.6 Å². The molecule has 0 radical (unpaired) electrons. The standard InChI is InChI=1S/C14H18ClN/c1-14(2,3)13-9-11(15)10-7-5-6-8-12(10)16(13)4/h5-9,13H,1-4H3. The van der Waals surface area contributed by atoms with E-state index in [1.807, 2.05) is 6.07 Å². The Hall–Kier alpha value is -0.950. The Kier molecular flexibility index (Phi) is 2.75. The van der Waals surface area contributed by atoms with Gasteiger partial charge >= 0.3 is 0 Å². The van der Waals surface area contributed by atoms with E-state index in [1.165, 1.54) is 5.69 Å². The normalized spacial score (nSPS) is 20.4. The van der Waals surface area contributed by atoms with Crippen LogP contribution in [0.15, 0.2) is 30.3 Å². The number of hydrogen-bond donors (Lipinski definition) is 0. The van der Waals surface area contributed by atoms with Crippen molar-refractivity contribution in [3.8, 4) is 0 Å². The Labute approximate surface area is 103 Å². The van der Waals surface area contributed by atoms with Gasteiger partial charge in [-0.25, -0.2) is 0 Å². The predicted molar refractivity (Wildman–Crippen MR) is 71.9 cm³/mol. The number of anilines is 1. The average molecular weight is 236 g/mol. The van der Waals surface area contributed by atoms with E-state index in [2.05, 4.69) is 57.0 Å². The van der Waals surface area contributed by atoms with Gasteiger partial charge in [-0.15, -0.1) is 0 Å². The molecule has 0 aliphatic carbocycles. The van der Waals surface area contributed by atoms with Crippen LogP contribution in [-0.4, -0.2) is 13.1 Å². The van der Waals surface area contributed by atoms with Gasteiger partial charge in [-0.1, -0.05) is 50.6 Å². The summed E-state index contributed by atoms with van der Waals surface area (Å²) in [6.07, 6.45) is 2.16. The summed E-state index contributed by atoms with van der Waals surface area (Å²) in [5, 5.41) is 0.869. The number of hydrogen-bond acceptors (Lipinski definition) is 1. The van der Waals surface area contributed by atoms with Crippen LogP contribution in [0.5, 0.6) is 0 Å². The number of benzene rings is 1. The van der Waals surface area contributed by atoms with Crippen molar-refractivity contribution in [2.45, 2.75) is 26.8 Å². The Balaban J connectivity index is 2.51. The third-order valence-electron chi connectivity index (χ3n) is 3.15. The van der Waals surface area contributed by atoms with Gasteiger partial charge < -0.3 is 4.90 Å². The van der Waals surface area contributed by atoms with Gasteiger partial charge in [0, 0.05) is 23.3 Å². The zero-order valence-electron chi connectivity index (χ0n) is 10.3. The number of para-hydroxylation sites is 1. The molecule has 86 valence electrons. The third kappa shape index (κ3) is 1.84. The molecule has 0 bridgehead atoms. The number of nitrogens with zero attached hydrogens (tertiary/aromatic N) is 1. The van der Waals surface area contributed by atoms with Crippen molar-refractivity contribution in [1.29, 1.82) is 0 Å². The first-order valence-corrected chi connectivity index (χ1v) is 5.98. The first kappa shape index (κ1) is 11.5. The number of fused-ring (bicyclic) bond motifs is 1. The molecule has 2 heteroatoms. The lowest BCUT2D eigenvalue weighted by Gasteiger charge is -2.41. The molecule has 1 aromatic rings. The minimum Gasteiger partial charge on any atom is -0.367 e. The van der Waals surface area contributed by atoms with E-state index in [0.717, 1.165) is 10.6 Å². The molecular weight excluding hydrogens is 218 g/mol. The monoisotopic (exact) mass is 235 g/mol. The summed E-state index contributed by atoms with van der Waals surface area (Å²) in [4.78, 5) is 2.31. The minimum absolute atomic E-state index is 0.183. The lowest BCUT2D eigenvalue weighted by atomic mass is 9.83. The van der Waals surface area contributed by atoms with Crippen molar-refractivity contribution in [2.24, 2.45) is 5.41 Å². The second kappa shape index (κ2) is 3.81. The van der Waals surface area contributed by atoms with E-state index < -0.39 is 0 Å². The predicted octanol–water partition coefficient (Wildman–Crippen LogP) is 4.13. The van der Waals surface area contributed by atoms with Gasteiger partial charge in [-0.05, 0) is 17.6 Å². The third-order valence-corrected chi connectivity index (χ3v) is 3.48. The highest BCUT2D eigenvalue weighted by molar-refractivity contribution is 6.49. The van der Waals surface area contributed by atoms with E-state index in [0.29, 0.717) is 6.04 Å². The van der Waals surface area contributed by atoms with Crippen LogP contribution in [0.25, 0.3) is 5.03 Å². The molecule has 0 fully saturated rings. The molecule has 1 atom stereocenters. The molecule has 0 saturated heterocycles. The first-order chi connectivity index (χ1) is 7.41. The summed E-state index contributed by atoms with van der Waals surface area (Å²) in [7, 11) is 2.13. The zero-order valence-corrected chi connectivity index (χ0v) is 11.0. The van der Waals surface area contributed by atoms with Crippen LogP contribution in [0, 0.1) is 5.41 Å². The second-order valence-corrected chi connectivity index (χ2v) is 5.86. The maximum Gasteiger partial charge on any atom is 0.0535 e. The van der Waals surface area contributed by atoms with Crippen molar-refractivity contribution in [1.82, 2.24) is 0 Å².